The molecule has 2 fully saturated rings. The minimum absolute atomic E-state index is 0.146. The Morgan fingerprint density at radius 1 is 1.32 bits per heavy atom. The number of nitrogens with zero attached hydrogens (tertiary/aromatic N) is 1. The van der Waals surface area contributed by atoms with Crippen molar-refractivity contribution in [1.82, 2.24) is 10.2 Å². The normalized spacial score (nSPS) is 30.1. The summed E-state index contributed by atoms with van der Waals surface area (Å²) in [5.41, 5.74) is -0.388. The summed E-state index contributed by atoms with van der Waals surface area (Å²) in [5, 5.41) is 11.8. The van der Waals surface area contributed by atoms with Gasteiger partial charge in [0.2, 0.25) is 0 Å². The molecule has 0 aliphatic carbocycles. The zero-order valence-electron chi connectivity index (χ0n) is 11.2. The van der Waals surface area contributed by atoms with E-state index in [2.05, 4.69) is 5.32 Å². The van der Waals surface area contributed by atoms with Gasteiger partial charge in [0, 0.05) is 6.54 Å². The number of carbonyl (C=O) groups excluding carboxylic acids is 1. The SMILES string of the molecule is CC1(C)COCCN1C(=O)NC1COCC1C(=O)O. The van der Waals surface area contributed by atoms with Gasteiger partial charge in [-0.3, -0.25) is 4.79 Å². The van der Waals surface area contributed by atoms with E-state index in [-0.39, 0.29) is 24.8 Å². The summed E-state index contributed by atoms with van der Waals surface area (Å²) >= 11 is 0. The summed E-state index contributed by atoms with van der Waals surface area (Å²) in [7, 11) is 0. The van der Waals surface area contributed by atoms with Crippen LogP contribution in [0, 0.1) is 5.92 Å². The molecule has 2 N–H and O–H groups in total. The monoisotopic (exact) mass is 272 g/mol. The Bertz CT molecular complexity index is 371. The molecule has 0 aromatic heterocycles. The van der Waals surface area contributed by atoms with Gasteiger partial charge >= 0.3 is 12.0 Å². The quantitative estimate of drug-likeness (QED) is 0.733. The van der Waals surface area contributed by atoms with Crippen LogP contribution >= 0.6 is 0 Å². The fourth-order valence-corrected chi connectivity index (χ4v) is 2.41. The van der Waals surface area contributed by atoms with Crippen molar-refractivity contribution in [2.75, 3.05) is 33.0 Å². The Balaban J connectivity index is 1.98. The molecule has 2 aliphatic heterocycles. The van der Waals surface area contributed by atoms with E-state index in [1.54, 1.807) is 4.90 Å². The van der Waals surface area contributed by atoms with Crippen molar-refractivity contribution in [2.24, 2.45) is 5.92 Å². The second kappa shape index (κ2) is 5.34. The van der Waals surface area contributed by atoms with Gasteiger partial charge in [0.05, 0.1) is 38.0 Å². The van der Waals surface area contributed by atoms with Gasteiger partial charge in [-0.25, -0.2) is 4.79 Å². The van der Waals surface area contributed by atoms with E-state index in [1.165, 1.54) is 0 Å². The number of nitrogens with one attached hydrogen (secondary N) is 1. The number of rotatable bonds is 2. The third-order valence-electron chi connectivity index (χ3n) is 3.60. The number of carbonyl (C=O) groups is 2. The Labute approximate surface area is 111 Å². The minimum Gasteiger partial charge on any atom is -0.481 e. The van der Waals surface area contributed by atoms with Crippen molar-refractivity contribution >= 4 is 12.0 Å². The van der Waals surface area contributed by atoms with E-state index in [4.69, 9.17) is 14.6 Å². The number of hydrogen-bond donors (Lipinski definition) is 2. The number of carboxylic acids is 1. The number of aliphatic carboxylic acids is 1. The standard InChI is InChI=1S/C12H20N2O5/c1-12(2)7-18-4-3-14(12)11(17)13-9-6-19-5-8(9)10(15)16/h8-9H,3-7H2,1-2H3,(H,13,17)(H,15,16). The van der Waals surface area contributed by atoms with Gasteiger partial charge < -0.3 is 24.8 Å². The zero-order valence-corrected chi connectivity index (χ0v) is 11.2. The maximum Gasteiger partial charge on any atom is 0.318 e. The number of ether oxygens (including phenoxy) is 2. The third-order valence-corrected chi connectivity index (χ3v) is 3.60. The molecule has 0 bridgehead atoms. The molecule has 0 saturated carbocycles. The van der Waals surface area contributed by atoms with Gasteiger partial charge in [-0.1, -0.05) is 0 Å². The second-order valence-corrected chi connectivity index (χ2v) is 5.55. The van der Waals surface area contributed by atoms with E-state index >= 15 is 0 Å². The molecule has 108 valence electrons. The molecule has 2 amide bonds. The van der Waals surface area contributed by atoms with E-state index in [0.717, 1.165) is 0 Å². The van der Waals surface area contributed by atoms with Crippen LogP contribution in [0.25, 0.3) is 0 Å². The highest BCUT2D eigenvalue weighted by Crippen LogP contribution is 2.20. The summed E-state index contributed by atoms with van der Waals surface area (Å²) < 4.78 is 10.5. The van der Waals surface area contributed by atoms with Crippen molar-refractivity contribution in [2.45, 2.75) is 25.4 Å². The fourth-order valence-electron chi connectivity index (χ4n) is 2.41. The first-order valence-electron chi connectivity index (χ1n) is 6.38. The van der Waals surface area contributed by atoms with Crippen LogP contribution in [0.4, 0.5) is 4.79 Å². The van der Waals surface area contributed by atoms with Crippen molar-refractivity contribution in [1.29, 1.82) is 0 Å². The Morgan fingerprint density at radius 2 is 2.05 bits per heavy atom. The molecule has 0 spiro atoms. The summed E-state index contributed by atoms with van der Waals surface area (Å²) in [4.78, 5) is 25.0. The molecule has 2 aliphatic rings. The molecule has 2 rings (SSSR count). The van der Waals surface area contributed by atoms with Gasteiger partial charge in [-0.05, 0) is 13.8 Å². The summed E-state index contributed by atoms with van der Waals surface area (Å²) in [6.45, 7) is 5.71. The summed E-state index contributed by atoms with van der Waals surface area (Å²) in [5.74, 6) is -1.61. The van der Waals surface area contributed by atoms with Gasteiger partial charge in [0.25, 0.3) is 0 Å². The highest BCUT2D eigenvalue weighted by molar-refractivity contribution is 5.78. The molecule has 7 nitrogen and oxygen atoms in total. The van der Waals surface area contributed by atoms with Crippen molar-refractivity contribution in [3.05, 3.63) is 0 Å². The lowest BCUT2D eigenvalue weighted by molar-refractivity contribution is -0.142. The van der Waals surface area contributed by atoms with E-state index in [0.29, 0.717) is 19.8 Å². The lowest BCUT2D eigenvalue weighted by Gasteiger charge is -2.42. The first kappa shape index (κ1) is 14.1. The smallest absolute Gasteiger partial charge is 0.318 e. The minimum atomic E-state index is -0.941. The molecule has 19 heavy (non-hydrogen) atoms. The Hall–Kier alpha value is -1.34. The number of urea groups is 1. The lowest BCUT2D eigenvalue weighted by atomic mass is 10.0. The Morgan fingerprint density at radius 3 is 2.68 bits per heavy atom. The molecule has 2 saturated heterocycles. The van der Waals surface area contributed by atoms with Crippen LogP contribution in [0.15, 0.2) is 0 Å². The predicted molar refractivity (Wildman–Crippen MR) is 65.9 cm³/mol. The topological polar surface area (TPSA) is 88.1 Å². The Kier molecular flexibility index (Phi) is 3.96. The largest absolute Gasteiger partial charge is 0.481 e. The first-order chi connectivity index (χ1) is 8.92. The van der Waals surface area contributed by atoms with Crippen molar-refractivity contribution < 1.29 is 24.2 Å². The molecule has 0 aromatic rings. The van der Waals surface area contributed by atoms with E-state index < -0.39 is 17.9 Å². The maximum atomic E-state index is 12.2. The second-order valence-electron chi connectivity index (χ2n) is 5.55. The number of morpholine rings is 1. The van der Waals surface area contributed by atoms with Crippen molar-refractivity contribution in [3.8, 4) is 0 Å². The number of hydrogen-bond acceptors (Lipinski definition) is 4. The zero-order chi connectivity index (χ0) is 14.0. The molecular formula is C12H20N2O5. The van der Waals surface area contributed by atoms with Crippen molar-refractivity contribution in [3.63, 3.8) is 0 Å². The molecule has 2 atom stereocenters. The molecule has 0 radical (unpaired) electrons. The van der Waals surface area contributed by atoms with E-state index in [9.17, 15) is 9.59 Å². The summed E-state index contributed by atoms with van der Waals surface area (Å²) in [6.07, 6.45) is 0. The average molecular weight is 272 g/mol. The molecular weight excluding hydrogens is 252 g/mol. The van der Waals surface area contributed by atoms with Crippen LogP contribution in [-0.4, -0.2) is 66.6 Å². The van der Waals surface area contributed by atoms with Crippen LogP contribution < -0.4 is 5.32 Å². The van der Waals surface area contributed by atoms with Crippen LogP contribution in [0.5, 0.6) is 0 Å². The summed E-state index contributed by atoms with van der Waals surface area (Å²) in [6, 6.07) is -0.723. The molecule has 2 heterocycles. The van der Waals surface area contributed by atoms with Gasteiger partial charge in [0.15, 0.2) is 0 Å². The predicted octanol–water partition coefficient (Wildman–Crippen LogP) is -0.0936. The third kappa shape index (κ3) is 2.98. The van der Waals surface area contributed by atoms with Crippen LogP contribution in [0.2, 0.25) is 0 Å². The maximum absolute atomic E-state index is 12.2. The van der Waals surface area contributed by atoms with Crippen LogP contribution in [-0.2, 0) is 14.3 Å². The molecule has 0 aromatic carbocycles. The first-order valence-corrected chi connectivity index (χ1v) is 6.38. The number of carboxylic acid groups (broad SMARTS) is 1. The number of amides is 2. The van der Waals surface area contributed by atoms with Gasteiger partial charge in [-0.2, -0.15) is 0 Å². The van der Waals surface area contributed by atoms with Gasteiger partial charge in [0.1, 0.15) is 5.92 Å². The molecule has 2 unspecified atom stereocenters. The molecule has 7 heteroatoms. The van der Waals surface area contributed by atoms with E-state index in [1.807, 2.05) is 13.8 Å². The highest BCUT2D eigenvalue weighted by Gasteiger charge is 2.39. The fraction of sp³-hybridized carbons (Fsp3) is 0.833. The van der Waals surface area contributed by atoms with Gasteiger partial charge in [-0.15, -0.1) is 0 Å². The highest BCUT2D eigenvalue weighted by atomic mass is 16.5. The van der Waals surface area contributed by atoms with Crippen LogP contribution in [0.3, 0.4) is 0 Å². The lowest BCUT2D eigenvalue weighted by Crippen LogP contribution is -2.60. The average Bonchev–Trinajstić information content (AvgIpc) is 2.76. The van der Waals surface area contributed by atoms with Crippen LogP contribution in [0.1, 0.15) is 13.8 Å².